The third kappa shape index (κ3) is 1.52. The summed E-state index contributed by atoms with van der Waals surface area (Å²) in [5, 5.41) is 2.94. The second-order valence-electron chi connectivity index (χ2n) is 7.63. The lowest BCUT2D eigenvalue weighted by Gasteiger charge is -2.63. The zero-order chi connectivity index (χ0) is 13.3. The van der Waals surface area contributed by atoms with Crippen LogP contribution in [-0.4, -0.2) is 18.3 Å². The molecule has 108 valence electrons. The monoisotopic (exact) mass is 273 g/mol. The van der Waals surface area contributed by atoms with Crippen molar-refractivity contribution >= 4 is 0 Å². The maximum atomic E-state index is 13.9. The average molecular weight is 273 g/mol. The minimum Gasteiger partial charge on any atom is -0.303 e. The Hall–Kier alpha value is -0.250. The fourth-order valence-corrected chi connectivity index (χ4v) is 6.37. The molecular weight excluding hydrogens is 251 g/mol. The van der Waals surface area contributed by atoms with Crippen LogP contribution in [0.15, 0.2) is 0 Å². The largest absolute Gasteiger partial charge is 0.407 e. The van der Waals surface area contributed by atoms with E-state index in [9.17, 15) is 13.2 Å². The predicted molar refractivity (Wildman–Crippen MR) is 66.6 cm³/mol. The maximum absolute atomic E-state index is 13.9. The van der Waals surface area contributed by atoms with Crippen LogP contribution < -0.4 is 5.32 Å². The van der Waals surface area contributed by atoms with Gasteiger partial charge in [-0.25, -0.2) is 0 Å². The van der Waals surface area contributed by atoms with E-state index in [-0.39, 0.29) is 0 Å². The van der Waals surface area contributed by atoms with Crippen molar-refractivity contribution < 1.29 is 13.2 Å². The molecule has 4 aliphatic carbocycles. The van der Waals surface area contributed by atoms with Crippen molar-refractivity contribution in [2.75, 3.05) is 6.54 Å². The van der Waals surface area contributed by atoms with Gasteiger partial charge in [0.2, 0.25) is 0 Å². The summed E-state index contributed by atoms with van der Waals surface area (Å²) in [6.45, 7) is 0.543. The highest BCUT2D eigenvalue weighted by molar-refractivity contribution is 5.17. The van der Waals surface area contributed by atoms with Crippen LogP contribution in [0.5, 0.6) is 0 Å². The highest BCUT2D eigenvalue weighted by Crippen LogP contribution is 2.67. The van der Waals surface area contributed by atoms with Crippen molar-refractivity contribution in [3.8, 4) is 0 Å². The van der Waals surface area contributed by atoms with E-state index in [1.807, 2.05) is 0 Å². The van der Waals surface area contributed by atoms with E-state index in [1.165, 1.54) is 19.3 Å². The van der Waals surface area contributed by atoms with Gasteiger partial charge >= 0.3 is 6.18 Å². The van der Waals surface area contributed by atoms with Crippen LogP contribution in [0.1, 0.15) is 51.4 Å². The highest BCUT2D eigenvalue weighted by Gasteiger charge is 2.70. The van der Waals surface area contributed by atoms with Gasteiger partial charge < -0.3 is 5.32 Å². The second kappa shape index (κ2) is 3.69. The lowest BCUT2D eigenvalue weighted by atomic mass is 9.44. The molecule has 1 N–H and O–H groups in total. The third-order valence-electron chi connectivity index (χ3n) is 6.58. The number of nitrogens with one attached hydrogen (secondary N) is 1. The fourth-order valence-electron chi connectivity index (χ4n) is 6.37. The van der Waals surface area contributed by atoms with Gasteiger partial charge in [0.15, 0.2) is 0 Å². The van der Waals surface area contributed by atoms with Crippen LogP contribution in [-0.2, 0) is 0 Å². The summed E-state index contributed by atoms with van der Waals surface area (Å²) in [7, 11) is 0. The summed E-state index contributed by atoms with van der Waals surface area (Å²) in [5.74, 6) is 1.73. The van der Waals surface area contributed by atoms with Crippen molar-refractivity contribution in [1.29, 1.82) is 0 Å². The molecule has 1 atom stereocenters. The number of rotatable bonds is 1. The van der Waals surface area contributed by atoms with Crippen molar-refractivity contribution in [2.45, 2.75) is 63.1 Å². The minimum atomic E-state index is -4.09. The van der Waals surface area contributed by atoms with Gasteiger partial charge in [-0.2, -0.15) is 13.2 Å². The van der Waals surface area contributed by atoms with E-state index >= 15 is 0 Å². The summed E-state index contributed by atoms with van der Waals surface area (Å²) in [6.07, 6.45) is 2.98. The Bertz CT molecular complexity index is 346. The van der Waals surface area contributed by atoms with E-state index < -0.39 is 17.1 Å². The van der Waals surface area contributed by atoms with Crippen molar-refractivity contribution in [2.24, 2.45) is 23.2 Å². The Balaban J connectivity index is 1.77. The molecule has 0 amide bonds. The van der Waals surface area contributed by atoms with Gasteiger partial charge in [-0.1, -0.05) is 0 Å². The van der Waals surface area contributed by atoms with Gasteiger partial charge in [0.1, 0.15) is 5.54 Å². The molecule has 1 unspecified atom stereocenters. The Kier molecular flexibility index (Phi) is 2.42. The number of hydrogen-bond acceptors (Lipinski definition) is 1. The molecule has 19 heavy (non-hydrogen) atoms. The Labute approximate surface area is 112 Å². The Morgan fingerprint density at radius 2 is 1.42 bits per heavy atom. The fraction of sp³-hybridized carbons (Fsp3) is 1.00. The van der Waals surface area contributed by atoms with Crippen LogP contribution in [0.2, 0.25) is 0 Å². The summed E-state index contributed by atoms with van der Waals surface area (Å²) >= 11 is 0. The number of halogens is 3. The van der Waals surface area contributed by atoms with Crippen LogP contribution in [0.25, 0.3) is 0 Å². The smallest absolute Gasteiger partial charge is 0.303 e. The molecule has 0 spiro atoms. The quantitative estimate of drug-likeness (QED) is 0.764. The van der Waals surface area contributed by atoms with Crippen LogP contribution >= 0.6 is 0 Å². The first-order valence-electron chi connectivity index (χ1n) is 7.76. The first-order chi connectivity index (χ1) is 8.94. The number of hydrogen-bond donors (Lipinski definition) is 1. The topological polar surface area (TPSA) is 12.0 Å². The second-order valence-corrected chi connectivity index (χ2v) is 7.63. The molecule has 4 saturated carbocycles. The summed E-state index contributed by atoms with van der Waals surface area (Å²) in [4.78, 5) is 0. The summed E-state index contributed by atoms with van der Waals surface area (Å²) in [5.41, 5.74) is -2.04. The first-order valence-corrected chi connectivity index (χ1v) is 7.76. The van der Waals surface area contributed by atoms with Gasteiger partial charge in [0.05, 0.1) is 0 Å². The van der Waals surface area contributed by atoms with Gasteiger partial charge in [0, 0.05) is 0 Å². The van der Waals surface area contributed by atoms with E-state index in [0.29, 0.717) is 37.1 Å². The molecule has 1 nitrogen and oxygen atoms in total. The first kappa shape index (κ1) is 12.5. The minimum absolute atomic E-state index is 0.308. The van der Waals surface area contributed by atoms with E-state index in [1.54, 1.807) is 0 Å². The normalized spacial score (nSPS) is 52.9. The van der Waals surface area contributed by atoms with Gasteiger partial charge in [-0.3, -0.25) is 0 Å². The zero-order valence-corrected chi connectivity index (χ0v) is 11.2. The van der Waals surface area contributed by atoms with Crippen LogP contribution in [0.4, 0.5) is 13.2 Å². The molecule has 4 heteroatoms. The van der Waals surface area contributed by atoms with Crippen molar-refractivity contribution in [3.05, 3.63) is 0 Å². The van der Waals surface area contributed by atoms with Gasteiger partial charge in [-0.15, -0.1) is 0 Å². The Morgan fingerprint density at radius 1 is 0.895 bits per heavy atom. The summed E-state index contributed by atoms with van der Waals surface area (Å²) < 4.78 is 41.6. The molecule has 1 heterocycles. The molecular formula is C15H22F3N. The SMILES string of the molecule is FC(F)(F)C1(C23CC4CC(CC(C4)C2)C3)CCCN1. The molecule has 5 aliphatic rings. The molecule has 5 fully saturated rings. The highest BCUT2D eigenvalue weighted by atomic mass is 19.4. The molecule has 0 aromatic carbocycles. The lowest BCUT2D eigenvalue weighted by molar-refractivity contribution is -0.256. The van der Waals surface area contributed by atoms with E-state index in [4.69, 9.17) is 0 Å². The van der Waals surface area contributed by atoms with E-state index in [2.05, 4.69) is 5.32 Å². The van der Waals surface area contributed by atoms with E-state index in [0.717, 1.165) is 19.3 Å². The van der Waals surface area contributed by atoms with Crippen molar-refractivity contribution in [3.63, 3.8) is 0 Å². The lowest BCUT2D eigenvalue weighted by Crippen LogP contribution is -2.68. The summed E-state index contributed by atoms with van der Waals surface area (Å²) in [6, 6.07) is 0. The van der Waals surface area contributed by atoms with Gasteiger partial charge in [-0.05, 0) is 81.1 Å². The molecule has 1 saturated heterocycles. The number of alkyl halides is 3. The van der Waals surface area contributed by atoms with Gasteiger partial charge in [0.25, 0.3) is 0 Å². The predicted octanol–water partition coefficient (Wildman–Crippen LogP) is 3.89. The Morgan fingerprint density at radius 3 is 1.79 bits per heavy atom. The molecule has 5 rings (SSSR count). The average Bonchev–Trinajstić information content (AvgIpc) is 2.76. The standard InChI is InChI=1S/C15H22F3N/c16-15(17,18)14(2-1-3-19-14)13-7-10-4-11(8-13)6-12(5-10)9-13/h10-12,19H,1-9H2. The maximum Gasteiger partial charge on any atom is 0.407 e. The zero-order valence-electron chi connectivity index (χ0n) is 11.2. The van der Waals surface area contributed by atoms with Crippen LogP contribution in [0.3, 0.4) is 0 Å². The molecule has 0 aromatic heterocycles. The molecule has 1 aliphatic heterocycles. The third-order valence-corrected chi connectivity index (χ3v) is 6.58. The molecule has 0 radical (unpaired) electrons. The molecule has 0 aromatic rings. The molecule has 4 bridgehead atoms. The van der Waals surface area contributed by atoms with Crippen molar-refractivity contribution in [1.82, 2.24) is 5.32 Å². The van der Waals surface area contributed by atoms with Crippen LogP contribution in [0, 0.1) is 23.2 Å².